The molecule has 13 heteroatoms. The Morgan fingerprint density at radius 3 is 2.21 bits per heavy atom. The van der Waals surface area contributed by atoms with E-state index in [-0.39, 0.29) is 43.6 Å². The van der Waals surface area contributed by atoms with E-state index in [4.69, 9.17) is 21.5 Å². The number of carbonyl (C=O) groups excluding carboxylic acids is 3. The molecule has 1 aromatic carbocycles. The molecule has 3 N–H and O–H groups in total. The summed E-state index contributed by atoms with van der Waals surface area (Å²) in [4.78, 5) is 45.1. The van der Waals surface area contributed by atoms with E-state index in [0.29, 0.717) is 28.4 Å². The molecule has 0 radical (unpaired) electrons. The number of nitrogens with two attached hydrogens (primary N) is 1. The van der Waals surface area contributed by atoms with Crippen molar-refractivity contribution < 1.29 is 27.9 Å². The van der Waals surface area contributed by atoms with Crippen molar-refractivity contribution in [3.63, 3.8) is 0 Å². The predicted octanol–water partition coefficient (Wildman–Crippen LogP) is 4.37. The molecule has 2 aromatic rings. The number of anilines is 1. The fourth-order valence-electron chi connectivity index (χ4n) is 4.06. The van der Waals surface area contributed by atoms with E-state index in [9.17, 15) is 23.2 Å². The first-order chi connectivity index (χ1) is 17.9. The Balaban J connectivity index is 1.34. The van der Waals surface area contributed by atoms with Crippen molar-refractivity contribution in [2.45, 2.75) is 32.3 Å². The quantitative estimate of drug-likeness (QED) is 0.408. The lowest BCUT2D eigenvalue weighted by Crippen LogP contribution is -2.37. The van der Waals surface area contributed by atoms with Gasteiger partial charge in [-0.2, -0.15) is 0 Å². The van der Waals surface area contributed by atoms with Gasteiger partial charge < -0.3 is 19.9 Å². The van der Waals surface area contributed by atoms with E-state index in [2.05, 4.69) is 10.3 Å². The van der Waals surface area contributed by atoms with E-state index < -0.39 is 34.6 Å². The lowest BCUT2D eigenvalue weighted by molar-refractivity contribution is -0.123. The summed E-state index contributed by atoms with van der Waals surface area (Å²) < 4.78 is 34.2. The molecule has 0 saturated heterocycles. The number of aromatic nitrogens is 1. The van der Waals surface area contributed by atoms with E-state index >= 15 is 0 Å². The molecule has 38 heavy (non-hydrogen) atoms. The molecule has 0 saturated carbocycles. The summed E-state index contributed by atoms with van der Waals surface area (Å²) in [6.07, 6.45) is 0.789. The Hall–Kier alpha value is -3.22. The number of carbonyl (C=O) groups is 3. The van der Waals surface area contributed by atoms with Gasteiger partial charge in [-0.25, -0.2) is 13.6 Å². The van der Waals surface area contributed by atoms with Crippen LogP contribution in [0.1, 0.15) is 36.8 Å². The molecule has 202 valence electrons. The number of hydrogen-bond acceptors (Lipinski definition) is 7. The Kier molecular flexibility index (Phi) is 7.96. The third kappa shape index (κ3) is 5.92. The largest absolute Gasteiger partial charge is 0.443 e. The molecule has 0 spiro atoms. The first-order valence-electron chi connectivity index (χ1n) is 11.6. The minimum atomic E-state index is -0.978. The van der Waals surface area contributed by atoms with Crippen molar-refractivity contribution in [1.29, 1.82) is 0 Å². The minimum absolute atomic E-state index is 0.145. The second-order valence-electron chi connectivity index (χ2n) is 10.0. The Morgan fingerprint density at radius 2 is 1.66 bits per heavy atom. The number of ether oxygens (including phenoxy) is 1. The molecule has 9 nitrogen and oxygen atoms in total. The van der Waals surface area contributed by atoms with Gasteiger partial charge in [-0.15, -0.1) is 0 Å². The van der Waals surface area contributed by atoms with Crippen molar-refractivity contribution in [2.24, 2.45) is 10.6 Å². The molecule has 0 unspecified atom stereocenters. The molecule has 3 heterocycles. The standard InChI is InChI=1S/C25H26ClF2N5O4S/c1-25(2,3)23(35)31-19-4-15(26)7-30-20(19)12-37-24(36)33-10-13-8-32(9-14(13)11-33)22(34)21-17(27)5-16(38-29)6-18(21)28/h4-7H,8-12,29H2,1-3H3,(H,31,35). The van der Waals surface area contributed by atoms with E-state index in [1.54, 1.807) is 20.8 Å². The maximum absolute atomic E-state index is 14.4. The van der Waals surface area contributed by atoms with Crippen LogP contribution >= 0.6 is 23.5 Å². The molecule has 0 bridgehead atoms. The van der Waals surface area contributed by atoms with Crippen molar-refractivity contribution >= 4 is 47.1 Å². The SMILES string of the molecule is CC(C)(C)C(=O)Nc1cc(Cl)cnc1COC(=O)N1CC2=C(C1)CN(C(=O)c1c(F)cc(SN)cc1F)C2. The predicted molar refractivity (Wildman–Crippen MR) is 138 cm³/mol. The van der Waals surface area contributed by atoms with Gasteiger partial charge >= 0.3 is 6.09 Å². The zero-order valence-electron chi connectivity index (χ0n) is 20.9. The molecule has 3 amide bonds. The zero-order chi connectivity index (χ0) is 27.8. The van der Waals surface area contributed by atoms with Crippen molar-refractivity contribution in [3.05, 3.63) is 63.5 Å². The first-order valence-corrected chi connectivity index (χ1v) is 12.9. The van der Waals surface area contributed by atoms with Gasteiger partial charge in [0.05, 0.1) is 10.7 Å². The summed E-state index contributed by atoms with van der Waals surface area (Å²) in [6, 6.07) is 3.57. The number of nitrogens with zero attached hydrogens (tertiary/aromatic N) is 3. The summed E-state index contributed by atoms with van der Waals surface area (Å²) in [5.74, 6) is -2.97. The van der Waals surface area contributed by atoms with E-state index in [1.165, 1.54) is 22.1 Å². The highest BCUT2D eigenvalue weighted by Gasteiger charge is 2.36. The topological polar surface area (TPSA) is 118 Å². The highest BCUT2D eigenvalue weighted by molar-refractivity contribution is 7.97. The van der Waals surface area contributed by atoms with Gasteiger partial charge in [0.2, 0.25) is 5.91 Å². The van der Waals surface area contributed by atoms with Crippen LogP contribution in [0.15, 0.2) is 40.4 Å². The molecule has 2 aliphatic rings. The van der Waals surface area contributed by atoms with Crippen LogP contribution in [0.25, 0.3) is 0 Å². The highest BCUT2D eigenvalue weighted by Crippen LogP contribution is 2.30. The van der Waals surface area contributed by atoms with Gasteiger partial charge in [0, 0.05) is 42.7 Å². The lowest BCUT2D eigenvalue weighted by atomic mass is 9.95. The average molecular weight is 566 g/mol. The summed E-state index contributed by atoms with van der Waals surface area (Å²) in [7, 11) is 0. The Morgan fingerprint density at radius 1 is 1.08 bits per heavy atom. The van der Waals surface area contributed by atoms with Gasteiger partial charge in [-0.3, -0.25) is 19.7 Å². The van der Waals surface area contributed by atoms with Crippen LogP contribution in [-0.4, -0.2) is 58.9 Å². The van der Waals surface area contributed by atoms with Gasteiger partial charge in [-0.1, -0.05) is 32.4 Å². The maximum Gasteiger partial charge on any atom is 0.410 e. The molecular formula is C25H26ClF2N5O4S. The highest BCUT2D eigenvalue weighted by atomic mass is 35.5. The number of pyridine rings is 1. The van der Waals surface area contributed by atoms with Crippen LogP contribution in [-0.2, 0) is 16.1 Å². The first kappa shape index (κ1) is 27.8. The van der Waals surface area contributed by atoms with Crippen LogP contribution in [0.3, 0.4) is 0 Å². The fourth-order valence-corrected chi connectivity index (χ4v) is 4.56. The van der Waals surface area contributed by atoms with Crippen LogP contribution in [0.4, 0.5) is 19.3 Å². The number of rotatable bonds is 5. The number of amides is 3. The lowest BCUT2D eigenvalue weighted by Gasteiger charge is -2.23. The smallest absolute Gasteiger partial charge is 0.410 e. The van der Waals surface area contributed by atoms with Gasteiger partial charge in [0.25, 0.3) is 5.91 Å². The minimum Gasteiger partial charge on any atom is -0.443 e. The summed E-state index contributed by atoms with van der Waals surface area (Å²) in [5, 5.41) is 8.43. The van der Waals surface area contributed by atoms with Crippen LogP contribution in [0.2, 0.25) is 5.02 Å². The maximum atomic E-state index is 14.4. The van der Waals surface area contributed by atoms with Crippen LogP contribution < -0.4 is 10.5 Å². The zero-order valence-corrected chi connectivity index (χ0v) is 22.5. The average Bonchev–Trinajstić information content (AvgIpc) is 3.42. The number of hydrogen-bond donors (Lipinski definition) is 2. The Labute approximate surface area is 227 Å². The monoisotopic (exact) mass is 565 g/mol. The molecule has 2 aliphatic heterocycles. The molecule has 1 aromatic heterocycles. The number of halogens is 3. The van der Waals surface area contributed by atoms with Crippen molar-refractivity contribution in [3.8, 4) is 0 Å². The normalized spacial score (nSPS) is 15.1. The summed E-state index contributed by atoms with van der Waals surface area (Å²) >= 11 is 6.71. The third-order valence-corrected chi connectivity index (χ3v) is 6.85. The van der Waals surface area contributed by atoms with Crippen molar-refractivity contribution in [1.82, 2.24) is 14.8 Å². The van der Waals surface area contributed by atoms with Crippen molar-refractivity contribution in [2.75, 3.05) is 31.5 Å². The fraction of sp³-hybridized carbons (Fsp3) is 0.360. The second kappa shape index (κ2) is 10.9. The Bertz CT molecular complexity index is 1310. The number of nitrogens with one attached hydrogen (secondary N) is 1. The van der Waals surface area contributed by atoms with Gasteiger partial charge in [0.15, 0.2) is 0 Å². The summed E-state index contributed by atoms with van der Waals surface area (Å²) in [5.41, 5.74) is 1.02. The van der Waals surface area contributed by atoms with Gasteiger partial charge in [0.1, 0.15) is 29.5 Å². The molecule has 0 aliphatic carbocycles. The van der Waals surface area contributed by atoms with E-state index in [0.717, 1.165) is 23.3 Å². The van der Waals surface area contributed by atoms with E-state index in [1.807, 2.05) is 0 Å². The third-order valence-electron chi connectivity index (χ3n) is 6.14. The number of benzene rings is 1. The van der Waals surface area contributed by atoms with Gasteiger partial charge in [-0.05, 0) is 41.3 Å². The molecule has 0 fully saturated rings. The van der Waals surface area contributed by atoms with Crippen LogP contribution in [0, 0.1) is 17.0 Å². The molecule has 4 rings (SSSR count). The summed E-state index contributed by atoms with van der Waals surface area (Å²) in [6.45, 7) is 5.81. The van der Waals surface area contributed by atoms with Crippen LogP contribution in [0.5, 0.6) is 0 Å². The second-order valence-corrected chi connectivity index (χ2v) is 11.2. The molecule has 0 atom stereocenters. The molecular weight excluding hydrogens is 540 g/mol.